The number of methoxy groups -OCH3 is 1. The number of nitrogens with zero attached hydrogens (tertiary/aromatic N) is 2. The van der Waals surface area contributed by atoms with Crippen molar-refractivity contribution < 1.29 is 13.9 Å². The highest BCUT2D eigenvalue weighted by atomic mass is 19.1. The largest absolute Gasteiger partial charge is 0.495 e. The second kappa shape index (κ2) is 8.89. The molecular weight excluding hydrogens is 413 g/mol. The molecule has 1 N–H and O–H groups in total. The van der Waals surface area contributed by atoms with Crippen molar-refractivity contribution in [2.75, 3.05) is 12.4 Å². The lowest BCUT2D eigenvalue weighted by atomic mass is 10.2. The van der Waals surface area contributed by atoms with E-state index in [1.165, 1.54) is 35.9 Å². The molecule has 0 aliphatic carbocycles. The third-order valence-electron chi connectivity index (χ3n) is 5.07. The smallest absolute Gasteiger partial charge is 0.332 e. The van der Waals surface area contributed by atoms with Gasteiger partial charge in [0.15, 0.2) is 0 Å². The number of para-hydroxylation sites is 3. The summed E-state index contributed by atoms with van der Waals surface area (Å²) in [4.78, 5) is 39.0. The van der Waals surface area contributed by atoms with Crippen LogP contribution < -0.4 is 21.3 Å². The Labute approximate surface area is 182 Å². The average molecular weight is 433 g/mol. The van der Waals surface area contributed by atoms with Crippen molar-refractivity contribution in [1.82, 2.24) is 9.13 Å². The summed E-state index contributed by atoms with van der Waals surface area (Å²) in [5, 5.41) is 3.04. The number of carbonyl (C=O) groups excluding carboxylic acids is 1. The highest BCUT2D eigenvalue weighted by Crippen LogP contribution is 2.23. The number of benzene rings is 3. The van der Waals surface area contributed by atoms with Crippen LogP contribution in [0.5, 0.6) is 5.75 Å². The van der Waals surface area contributed by atoms with Gasteiger partial charge < -0.3 is 10.1 Å². The van der Waals surface area contributed by atoms with Crippen molar-refractivity contribution in [1.29, 1.82) is 0 Å². The van der Waals surface area contributed by atoms with Gasteiger partial charge in [0.25, 0.3) is 5.56 Å². The summed E-state index contributed by atoms with van der Waals surface area (Å²) in [6.45, 7) is -0.349. The summed E-state index contributed by atoms with van der Waals surface area (Å²) in [5.41, 5.74) is 0.306. The molecule has 7 nitrogen and oxygen atoms in total. The van der Waals surface area contributed by atoms with Gasteiger partial charge in [-0.25, -0.2) is 9.18 Å². The van der Waals surface area contributed by atoms with E-state index in [-0.39, 0.29) is 13.1 Å². The quantitative estimate of drug-likeness (QED) is 0.507. The minimum Gasteiger partial charge on any atom is -0.495 e. The number of aromatic nitrogens is 2. The van der Waals surface area contributed by atoms with Crippen molar-refractivity contribution in [3.63, 3.8) is 0 Å². The Morgan fingerprint density at radius 2 is 1.62 bits per heavy atom. The SMILES string of the molecule is COc1ccccc1NC(=O)Cn1c(=O)n(Cc2ccc(F)cc2)c(=O)c2ccccc21. The van der Waals surface area contributed by atoms with Crippen molar-refractivity contribution in [2.24, 2.45) is 0 Å². The summed E-state index contributed by atoms with van der Waals surface area (Å²) >= 11 is 0. The molecule has 162 valence electrons. The zero-order valence-corrected chi connectivity index (χ0v) is 17.2. The van der Waals surface area contributed by atoms with Gasteiger partial charge >= 0.3 is 5.69 Å². The molecule has 8 heteroatoms. The second-order valence-electron chi connectivity index (χ2n) is 7.15. The molecule has 0 unspecified atom stereocenters. The first-order chi connectivity index (χ1) is 15.5. The van der Waals surface area contributed by atoms with Crippen molar-refractivity contribution in [3.05, 3.63) is 105 Å². The minimum absolute atomic E-state index is 0.0447. The van der Waals surface area contributed by atoms with E-state index < -0.39 is 23.0 Å². The number of fused-ring (bicyclic) bond motifs is 1. The number of anilines is 1. The normalized spacial score (nSPS) is 10.8. The van der Waals surface area contributed by atoms with E-state index in [1.807, 2.05) is 0 Å². The van der Waals surface area contributed by atoms with Gasteiger partial charge in [-0.3, -0.25) is 18.7 Å². The number of ether oxygens (including phenoxy) is 1. The van der Waals surface area contributed by atoms with Crippen molar-refractivity contribution >= 4 is 22.5 Å². The van der Waals surface area contributed by atoms with Crippen LogP contribution in [0.3, 0.4) is 0 Å². The monoisotopic (exact) mass is 433 g/mol. The Morgan fingerprint density at radius 1 is 0.938 bits per heavy atom. The third-order valence-corrected chi connectivity index (χ3v) is 5.07. The summed E-state index contributed by atoms with van der Waals surface area (Å²) in [7, 11) is 1.49. The molecule has 32 heavy (non-hydrogen) atoms. The first-order valence-electron chi connectivity index (χ1n) is 9.87. The third kappa shape index (κ3) is 4.15. The van der Waals surface area contributed by atoms with Crippen molar-refractivity contribution in [2.45, 2.75) is 13.1 Å². The molecule has 1 aromatic heterocycles. The van der Waals surface area contributed by atoms with Gasteiger partial charge in [-0.1, -0.05) is 36.4 Å². The lowest BCUT2D eigenvalue weighted by Gasteiger charge is -2.15. The fraction of sp³-hybridized carbons (Fsp3) is 0.125. The number of carbonyl (C=O) groups is 1. The van der Waals surface area contributed by atoms with E-state index in [0.29, 0.717) is 27.9 Å². The lowest BCUT2D eigenvalue weighted by Crippen LogP contribution is -2.42. The van der Waals surface area contributed by atoms with E-state index in [9.17, 15) is 18.8 Å². The molecule has 0 spiro atoms. The molecule has 0 fully saturated rings. The Morgan fingerprint density at radius 3 is 2.38 bits per heavy atom. The topological polar surface area (TPSA) is 82.3 Å². The standard InChI is InChI=1S/C24H20FN3O4/c1-32-21-9-5-3-7-19(21)26-22(29)15-27-20-8-4-2-6-18(20)23(30)28(24(27)31)14-16-10-12-17(25)13-11-16/h2-13H,14-15H2,1H3,(H,26,29). The summed E-state index contributed by atoms with van der Waals surface area (Å²) in [5.74, 6) is -0.377. The summed E-state index contributed by atoms with van der Waals surface area (Å²) < 4.78 is 20.8. The molecule has 0 atom stereocenters. The zero-order valence-electron chi connectivity index (χ0n) is 17.2. The molecule has 3 aromatic carbocycles. The molecule has 0 saturated carbocycles. The molecule has 1 heterocycles. The van der Waals surface area contributed by atoms with Crippen LogP contribution in [0.1, 0.15) is 5.56 Å². The predicted molar refractivity (Wildman–Crippen MR) is 120 cm³/mol. The number of amides is 1. The van der Waals surface area contributed by atoms with Crippen molar-refractivity contribution in [3.8, 4) is 5.75 Å². The van der Waals surface area contributed by atoms with Gasteiger partial charge in [0.1, 0.15) is 18.1 Å². The zero-order chi connectivity index (χ0) is 22.7. The Kier molecular flexibility index (Phi) is 5.85. The highest BCUT2D eigenvalue weighted by molar-refractivity contribution is 5.93. The molecule has 1 amide bonds. The number of nitrogens with one attached hydrogen (secondary N) is 1. The van der Waals surface area contributed by atoms with Gasteiger partial charge in [0, 0.05) is 0 Å². The number of hydrogen-bond acceptors (Lipinski definition) is 4. The van der Waals surface area contributed by atoms with E-state index in [0.717, 1.165) is 4.57 Å². The maximum atomic E-state index is 13.2. The fourth-order valence-corrected chi connectivity index (χ4v) is 3.52. The average Bonchev–Trinajstić information content (AvgIpc) is 2.81. The molecule has 0 aliphatic rings. The Balaban J connectivity index is 1.75. The van der Waals surface area contributed by atoms with Crippen LogP contribution in [0.25, 0.3) is 10.9 Å². The molecular formula is C24H20FN3O4. The number of rotatable bonds is 6. The first kappa shape index (κ1) is 21.0. The number of halogens is 1. The van der Waals surface area contributed by atoms with E-state index in [2.05, 4.69) is 5.32 Å². The van der Waals surface area contributed by atoms with Gasteiger partial charge in [0.2, 0.25) is 5.91 Å². The van der Waals surface area contributed by atoms with Gasteiger partial charge in [-0.2, -0.15) is 0 Å². The first-order valence-corrected chi connectivity index (χ1v) is 9.87. The van der Waals surface area contributed by atoms with Crippen LogP contribution >= 0.6 is 0 Å². The second-order valence-corrected chi connectivity index (χ2v) is 7.15. The molecule has 0 radical (unpaired) electrons. The highest BCUT2D eigenvalue weighted by Gasteiger charge is 2.16. The summed E-state index contributed by atoms with van der Waals surface area (Å²) in [6.07, 6.45) is 0. The predicted octanol–water partition coefficient (Wildman–Crippen LogP) is 3.00. The molecule has 4 aromatic rings. The lowest BCUT2D eigenvalue weighted by molar-refractivity contribution is -0.116. The van der Waals surface area contributed by atoms with Crippen LogP contribution in [0.4, 0.5) is 10.1 Å². The van der Waals surface area contributed by atoms with E-state index in [4.69, 9.17) is 4.74 Å². The molecule has 4 rings (SSSR count). The molecule has 0 bridgehead atoms. The van der Waals surface area contributed by atoms with E-state index >= 15 is 0 Å². The molecule has 0 aliphatic heterocycles. The maximum absolute atomic E-state index is 13.2. The van der Waals surface area contributed by atoms with Crippen LogP contribution in [0.15, 0.2) is 82.4 Å². The van der Waals surface area contributed by atoms with Crippen LogP contribution in [0, 0.1) is 5.82 Å². The van der Waals surface area contributed by atoms with Gasteiger partial charge in [-0.15, -0.1) is 0 Å². The number of hydrogen-bond donors (Lipinski definition) is 1. The van der Waals surface area contributed by atoms with Crippen LogP contribution in [-0.4, -0.2) is 22.2 Å². The Hall–Kier alpha value is -4.20. The van der Waals surface area contributed by atoms with Gasteiger partial charge in [0.05, 0.1) is 30.2 Å². The summed E-state index contributed by atoms with van der Waals surface area (Å²) in [6, 6.07) is 19.1. The Bertz CT molecular complexity index is 1410. The molecule has 0 saturated heterocycles. The fourth-order valence-electron chi connectivity index (χ4n) is 3.52. The van der Waals surface area contributed by atoms with Crippen LogP contribution in [-0.2, 0) is 17.9 Å². The maximum Gasteiger partial charge on any atom is 0.332 e. The van der Waals surface area contributed by atoms with E-state index in [1.54, 1.807) is 48.5 Å². The van der Waals surface area contributed by atoms with Gasteiger partial charge in [-0.05, 0) is 42.0 Å². The minimum atomic E-state index is -0.631. The van der Waals surface area contributed by atoms with Crippen LogP contribution in [0.2, 0.25) is 0 Å².